The fourth-order valence-electron chi connectivity index (χ4n) is 3.15. The number of halogens is 1. The van der Waals surface area contributed by atoms with Gasteiger partial charge >= 0.3 is 5.63 Å². The van der Waals surface area contributed by atoms with Crippen LogP contribution in [0.4, 0.5) is 0 Å². The number of nitrogens with zero attached hydrogens (tertiary/aromatic N) is 1. The van der Waals surface area contributed by atoms with Crippen LogP contribution in [0.3, 0.4) is 0 Å². The fourth-order valence-corrected chi connectivity index (χ4v) is 3.39. The number of nitrogens with one attached hydrogen (secondary N) is 1. The number of rotatable bonds is 6. The summed E-state index contributed by atoms with van der Waals surface area (Å²) in [6.45, 7) is 5.09. The smallest absolute Gasteiger partial charge is 0.346 e. The molecule has 0 atom stereocenters. The molecule has 1 N–H and O–H groups in total. The number of benzene rings is 1. The number of hydrogen-bond donors (Lipinski definition) is 1. The number of hydrogen-bond acceptors (Lipinski definition) is 6. The van der Waals surface area contributed by atoms with E-state index in [0.717, 1.165) is 37.3 Å². The van der Waals surface area contributed by atoms with Crippen LogP contribution in [-0.2, 0) is 4.74 Å². The lowest BCUT2D eigenvalue weighted by molar-refractivity contribution is -0.915. The van der Waals surface area contributed by atoms with Crippen LogP contribution in [-0.4, -0.2) is 70.1 Å². The summed E-state index contributed by atoms with van der Waals surface area (Å²) in [6, 6.07) is 5.11. The van der Waals surface area contributed by atoms with Gasteiger partial charge in [-0.1, -0.05) is 12.2 Å². The highest BCUT2D eigenvalue weighted by Crippen LogP contribution is 2.30. The van der Waals surface area contributed by atoms with E-state index in [0.29, 0.717) is 39.6 Å². The molecule has 0 unspecified atom stereocenters. The van der Waals surface area contributed by atoms with Gasteiger partial charge in [0.05, 0.1) is 58.5 Å². The Morgan fingerprint density at radius 2 is 1.93 bits per heavy atom. The molecule has 0 saturated carbocycles. The Kier molecular flexibility index (Phi) is 8.05. The number of likely N-dealkylation sites (N-methyl/N-ethyl adjacent to an activating group) is 1. The van der Waals surface area contributed by atoms with E-state index in [4.69, 9.17) is 30.8 Å². The van der Waals surface area contributed by atoms with Crippen molar-refractivity contribution in [1.29, 1.82) is 0 Å². The van der Waals surface area contributed by atoms with E-state index in [1.807, 2.05) is 0 Å². The number of quaternary nitrogens is 1. The minimum Gasteiger partial charge on any atom is -1.00 e. The van der Waals surface area contributed by atoms with Crippen molar-refractivity contribution >= 4 is 28.2 Å². The molecule has 2 aromatic rings. The zero-order valence-corrected chi connectivity index (χ0v) is 19.2. The lowest BCUT2D eigenvalue weighted by Crippen LogP contribution is -3.00. The molecule has 7 nitrogen and oxygen atoms in total. The third-order valence-electron chi connectivity index (χ3n) is 4.98. The molecule has 154 valence electrons. The van der Waals surface area contributed by atoms with Crippen LogP contribution in [0.2, 0.25) is 0 Å². The Hall–Kier alpha value is -1.43. The van der Waals surface area contributed by atoms with Crippen molar-refractivity contribution in [2.24, 2.45) is 0 Å². The first-order chi connectivity index (χ1) is 13.0. The Morgan fingerprint density at radius 3 is 2.57 bits per heavy atom. The highest BCUT2D eigenvalue weighted by atomic mass is 127. The van der Waals surface area contributed by atoms with E-state index in [1.165, 1.54) is 0 Å². The van der Waals surface area contributed by atoms with Crippen LogP contribution in [0, 0.1) is 0 Å². The van der Waals surface area contributed by atoms with Gasteiger partial charge in [-0.3, -0.25) is 0 Å². The molecule has 3 rings (SSSR count). The van der Waals surface area contributed by atoms with Gasteiger partial charge in [-0.15, -0.1) is 0 Å². The maximum atomic E-state index is 12.4. The van der Waals surface area contributed by atoms with Crippen LogP contribution in [0.25, 0.3) is 11.0 Å². The van der Waals surface area contributed by atoms with Gasteiger partial charge in [-0.2, -0.15) is 0 Å². The van der Waals surface area contributed by atoms with E-state index in [1.54, 1.807) is 32.4 Å². The second-order valence-electron chi connectivity index (χ2n) is 6.85. The molecular formula is C19H25IN2O5S. The zero-order chi connectivity index (χ0) is 19.4. The molecule has 9 heteroatoms. The Morgan fingerprint density at radius 1 is 1.21 bits per heavy atom. The summed E-state index contributed by atoms with van der Waals surface area (Å²) in [7, 11) is 5.31. The van der Waals surface area contributed by atoms with Crippen molar-refractivity contribution in [1.82, 2.24) is 5.32 Å². The van der Waals surface area contributed by atoms with Gasteiger partial charge in [0.2, 0.25) is 0 Å². The van der Waals surface area contributed by atoms with Gasteiger partial charge < -0.3 is 52.4 Å². The monoisotopic (exact) mass is 520 g/mol. The van der Waals surface area contributed by atoms with E-state index in [-0.39, 0.29) is 24.0 Å². The largest absolute Gasteiger partial charge is 1.00 e. The zero-order valence-electron chi connectivity index (χ0n) is 16.2. The van der Waals surface area contributed by atoms with Crippen molar-refractivity contribution in [3.8, 4) is 11.5 Å². The third-order valence-corrected chi connectivity index (χ3v) is 5.34. The molecule has 1 aliphatic heterocycles. The summed E-state index contributed by atoms with van der Waals surface area (Å²) >= 11 is 5.43. The predicted octanol–water partition coefficient (Wildman–Crippen LogP) is -1.44. The first kappa shape index (κ1) is 22.9. The number of methoxy groups -OCH3 is 2. The molecule has 2 heterocycles. The van der Waals surface area contributed by atoms with E-state index < -0.39 is 5.63 Å². The quantitative estimate of drug-likeness (QED) is 0.217. The topological polar surface area (TPSA) is 69.9 Å². The Labute approximate surface area is 186 Å². The van der Waals surface area contributed by atoms with Crippen molar-refractivity contribution in [3.05, 3.63) is 34.2 Å². The van der Waals surface area contributed by atoms with Crippen LogP contribution in [0.15, 0.2) is 27.4 Å². The summed E-state index contributed by atoms with van der Waals surface area (Å²) in [4.78, 5) is 12.8. The molecule has 1 aromatic carbocycles. The average Bonchev–Trinajstić information content (AvgIpc) is 2.66. The molecule has 1 aliphatic rings. The van der Waals surface area contributed by atoms with Crippen molar-refractivity contribution in [2.75, 3.05) is 60.7 Å². The van der Waals surface area contributed by atoms with Crippen LogP contribution < -0.4 is 44.4 Å². The molecule has 1 saturated heterocycles. The van der Waals surface area contributed by atoms with Crippen LogP contribution in [0.1, 0.15) is 5.56 Å². The SMILES string of the molecule is COc1cc(OC)c2cc(C(=S)NCC[N+]3(C)CCOCC3)c(=O)oc2c1.[I-]. The van der Waals surface area contributed by atoms with Gasteiger partial charge in [0.15, 0.2) is 0 Å². The second-order valence-corrected chi connectivity index (χ2v) is 7.26. The highest BCUT2D eigenvalue weighted by molar-refractivity contribution is 7.80. The first-order valence-electron chi connectivity index (χ1n) is 8.85. The first-order valence-corrected chi connectivity index (χ1v) is 9.26. The van der Waals surface area contributed by atoms with E-state index in [2.05, 4.69) is 12.4 Å². The Balaban J connectivity index is 0.00000280. The molecule has 0 bridgehead atoms. The number of fused-ring (bicyclic) bond motifs is 1. The maximum absolute atomic E-state index is 12.4. The van der Waals surface area contributed by atoms with Gasteiger partial charge in [0.1, 0.15) is 35.2 Å². The minimum atomic E-state index is -0.484. The molecule has 28 heavy (non-hydrogen) atoms. The van der Waals surface area contributed by atoms with Gasteiger partial charge in [0, 0.05) is 12.1 Å². The number of morpholine rings is 1. The maximum Gasteiger partial charge on any atom is 0.346 e. The molecule has 1 fully saturated rings. The number of ether oxygens (including phenoxy) is 3. The van der Waals surface area contributed by atoms with E-state index >= 15 is 0 Å². The summed E-state index contributed by atoms with van der Waals surface area (Å²) < 4.78 is 22.4. The third kappa shape index (κ3) is 5.13. The fraction of sp³-hybridized carbons (Fsp3) is 0.474. The molecule has 0 radical (unpaired) electrons. The lowest BCUT2D eigenvalue weighted by atomic mass is 10.1. The summed E-state index contributed by atoms with van der Waals surface area (Å²) in [5.41, 5.74) is 0.238. The lowest BCUT2D eigenvalue weighted by Gasteiger charge is -2.37. The average molecular weight is 520 g/mol. The molecule has 0 aliphatic carbocycles. The molecule has 0 amide bonds. The van der Waals surface area contributed by atoms with Crippen molar-refractivity contribution in [3.63, 3.8) is 0 Å². The van der Waals surface area contributed by atoms with Gasteiger partial charge in [-0.05, 0) is 6.07 Å². The minimum absolute atomic E-state index is 0. The Bertz CT molecular complexity index is 896. The van der Waals surface area contributed by atoms with Crippen molar-refractivity contribution in [2.45, 2.75) is 0 Å². The number of thiocarbonyl (C=S) groups is 1. The van der Waals surface area contributed by atoms with E-state index in [9.17, 15) is 4.79 Å². The molecular weight excluding hydrogens is 495 g/mol. The van der Waals surface area contributed by atoms with Gasteiger partial charge in [0.25, 0.3) is 0 Å². The second kappa shape index (κ2) is 9.86. The molecule has 1 aromatic heterocycles. The standard InChI is InChI=1S/C19H24N2O5S.HI/c1-21(6-8-25-9-7-21)5-4-20-18(27)15-12-14-16(24-3)10-13(23-2)11-17(14)26-19(15)22;/h10-12H,4-9H2,1-3H3;1H. The highest BCUT2D eigenvalue weighted by Gasteiger charge is 2.24. The van der Waals surface area contributed by atoms with Crippen LogP contribution in [0.5, 0.6) is 11.5 Å². The summed E-state index contributed by atoms with van der Waals surface area (Å²) in [5.74, 6) is 1.11. The predicted molar refractivity (Wildman–Crippen MR) is 107 cm³/mol. The molecule has 0 spiro atoms. The van der Waals surface area contributed by atoms with Crippen molar-refractivity contribution < 1.29 is 47.1 Å². The van der Waals surface area contributed by atoms with Crippen LogP contribution >= 0.6 is 12.2 Å². The summed E-state index contributed by atoms with van der Waals surface area (Å²) in [6.07, 6.45) is 0. The summed E-state index contributed by atoms with van der Waals surface area (Å²) in [5, 5.41) is 3.86. The van der Waals surface area contributed by atoms with Gasteiger partial charge in [-0.25, -0.2) is 4.79 Å². The normalized spacial score (nSPS) is 15.5.